The lowest BCUT2D eigenvalue weighted by molar-refractivity contribution is 0.0674. The molecular formula is C24H31N3O4. The third kappa shape index (κ3) is 6.13. The maximum atomic E-state index is 13.0. The van der Waals surface area contributed by atoms with Crippen LogP contribution in [0.5, 0.6) is 11.5 Å². The summed E-state index contributed by atoms with van der Waals surface area (Å²) in [4.78, 5) is 27.1. The van der Waals surface area contributed by atoms with Crippen molar-refractivity contribution < 1.29 is 19.1 Å². The summed E-state index contributed by atoms with van der Waals surface area (Å²) in [5.41, 5.74) is 2.48. The molecule has 1 unspecified atom stereocenters. The third-order valence-corrected chi connectivity index (χ3v) is 5.38. The smallest absolute Gasteiger partial charge is 0.319 e. The van der Waals surface area contributed by atoms with Crippen LogP contribution in [0.15, 0.2) is 42.5 Å². The average Bonchev–Trinajstić information content (AvgIpc) is 2.79. The Balaban J connectivity index is 1.55. The minimum Gasteiger partial charge on any atom is -0.493 e. The van der Waals surface area contributed by atoms with Crippen molar-refractivity contribution in [3.8, 4) is 11.5 Å². The van der Waals surface area contributed by atoms with E-state index in [2.05, 4.69) is 10.6 Å². The molecule has 166 valence electrons. The summed E-state index contributed by atoms with van der Waals surface area (Å²) in [6, 6.07) is 12.7. The first-order valence-corrected chi connectivity index (χ1v) is 10.7. The molecule has 3 rings (SSSR count). The lowest BCUT2D eigenvalue weighted by atomic mass is 9.97. The van der Waals surface area contributed by atoms with Gasteiger partial charge in [0.1, 0.15) is 0 Å². The lowest BCUT2D eigenvalue weighted by Gasteiger charge is -2.33. The number of hydrogen-bond acceptors (Lipinski definition) is 4. The van der Waals surface area contributed by atoms with E-state index >= 15 is 0 Å². The van der Waals surface area contributed by atoms with Gasteiger partial charge in [0.2, 0.25) is 0 Å². The molecule has 0 aliphatic carbocycles. The van der Waals surface area contributed by atoms with Gasteiger partial charge in [0.15, 0.2) is 11.5 Å². The van der Waals surface area contributed by atoms with E-state index in [1.807, 2.05) is 43.0 Å². The molecule has 1 saturated heterocycles. The molecule has 1 aliphatic heterocycles. The molecule has 1 atom stereocenters. The molecule has 1 heterocycles. The lowest BCUT2D eigenvalue weighted by Crippen LogP contribution is -2.44. The molecule has 1 fully saturated rings. The second-order valence-corrected chi connectivity index (χ2v) is 7.76. The molecule has 2 aromatic carbocycles. The number of methoxy groups -OCH3 is 1. The predicted molar refractivity (Wildman–Crippen MR) is 121 cm³/mol. The number of benzene rings is 2. The van der Waals surface area contributed by atoms with E-state index in [0.717, 1.165) is 24.1 Å². The van der Waals surface area contributed by atoms with Crippen LogP contribution in [0.1, 0.15) is 35.7 Å². The number of piperidine rings is 1. The number of urea groups is 1. The van der Waals surface area contributed by atoms with Gasteiger partial charge in [-0.2, -0.15) is 0 Å². The Hall–Kier alpha value is -3.22. The number of ether oxygens (including phenoxy) is 2. The van der Waals surface area contributed by atoms with Crippen molar-refractivity contribution in [3.63, 3.8) is 0 Å². The van der Waals surface area contributed by atoms with Crippen LogP contribution in [0.3, 0.4) is 0 Å². The van der Waals surface area contributed by atoms with Crippen LogP contribution < -0.4 is 20.1 Å². The summed E-state index contributed by atoms with van der Waals surface area (Å²) in [6.45, 7) is 6.24. The number of carbonyl (C=O) groups is 2. The monoisotopic (exact) mass is 425 g/mol. The summed E-state index contributed by atoms with van der Waals surface area (Å²) in [5, 5.41) is 5.77. The van der Waals surface area contributed by atoms with Crippen molar-refractivity contribution in [2.45, 2.75) is 26.7 Å². The van der Waals surface area contributed by atoms with Gasteiger partial charge < -0.3 is 25.0 Å². The van der Waals surface area contributed by atoms with E-state index in [-0.39, 0.29) is 17.9 Å². The van der Waals surface area contributed by atoms with Crippen molar-refractivity contribution >= 4 is 17.6 Å². The van der Waals surface area contributed by atoms with Gasteiger partial charge in [-0.05, 0) is 62.9 Å². The number of carbonyl (C=O) groups excluding carboxylic acids is 2. The van der Waals surface area contributed by atoms with Crippen LogP contribution in [0, 0.1) is 12.8 Å². The minimum absolute atomic E-state index is 0.0302. The number of hydrogen-bond donors (Lipinski definition) is 2. The van der Waals surface area contributed by atoms with Gasteiger partial charge in [-0.25, -0.2) is 4.79 Å². The highest BCUT2D eigenvalue weighted by atomic mass is 16.5. The molecule has 7 heteroatoms. The van der Waals surface area contributed by atoms with Crippen molar-refractivity contribution in [3.05, 3.63) is 53.6 Å². The molecule has 2 N–H and O–H groups in total. The van der Waals surface area contributed by atoms with Gasteiger partial charge in [0.25, 0.3) is 5.91 Å². The minimum atomic E-state index is -0.233. The standard InChI is InChI=1S/C24H31N3O4/c1-4-31-22-14-19(9-12-21(22)30-3)23(28)27-13-5-6-18(16-27)15-25-24(29)26-20-10-7-17(2)8-11-20/h7-12,14,18H,4-6,13,15-16H2,1-3H3,(H2,25,26,29). The van der Waals surface area contributed by atoms with E-state index in [9.17, 15) is 9.59 Å². The number of aryl methyl sites for hydroxylation is 1. The predicted octanol–water partition coefficient (Wildman–Crippen LogP) is 4.08. The second-order valence-electron chi connectivity index (χ2n) is 7.76. The highest BCUT2D eigenvalue weighted by Crippen LogP contribution is 2.29. The highest BCUT2D eigenvalue weighted by Gasteiger charge is 2.25. The highest BCUT2D eigenvalue weighted by molar-refractivity contribution is 5.95. The first-order chi connectivity index (χ1) is 15.0. The fourth-order valence-electron chi connectivity index (χ4n) is 3.73. The van der Waals surface area contributed by atoms with E-state index < -0.39 is 0 Å². The second kappa shape index (κ2) is 10.7. The molecule has 0 bridgehead atoms. The quantitative estimate of drug-likeness (QED) is 0.701. The molecule has 0 radical (unpaired) electrons. The van der Waals surface area contributed by atoms with Gasteiger partial charge in [-0.3, -0.25) is 4.79 Å². The van der Waals surface area contributed by atoms with Crippen LogP contribution in [0.25, 0.3) is 0 Å². The number of anilines is 1. The molecule has 1 aliphatic rings. The molecule has 3 amide bonds. The van der Waals surface area contributed by atoms with Crippen LogP contribution in [0.2, 0.25) is 0 Å². The maximum Gasteiger partial charge on any atom is 0.319 e. The van der Waals surface area contributed by atoms with Crippen molar-refractivity contribution in [2.75, 3.05) is 38.7 Å². The van der Waals surface area contributed by atoms with Crippen molar-refractivity contribution in [1.29, 1.82) is 0 Å². The maximum absolute atomic E-state index is 13.0. The van der Waals surface area contributed by atoms with Crippen LogP contribution >= 0.6 is 0 Å². The zero-order chi connectivity index (χ0) is 22.2. The van der Waals surface area contributed by atoms with Crippen LogP contribution in [0.4, 0.5) is 10.5 Å². The average molecular weight is 426 g/mol. The Bertz CT molecular complexity index is 898. The zero-order valence-electron chi connectivity index (χ0n) is 18.4. The van der Waals surface area contributed by atoms with E-state index in [4.69, 9.17) is 9.47 Å². The van der Waals surface area contributed by atoms with Gasteiger partial charge in [-0.1, -0.05) is 17.7 Å². The molecule has 0 saturated carbocycles. The summed E-state index contributed by atoms with van der Waals surface area (Å²) in [6.07, 6.45) is 1.88. The van der Waals surface area contributed by atoms with E-state index in [0.29, 0.717) is 43.3 Å². The molecule has 0 spiro atoms. The summed E-state index contributed by atoms with van der Waals surface area (Å²) >= 11 is 0. The van der Waals surface area contributed by atoms with Gasteiger partial charge >= 0.3 is 6.03 Å². The Kier molecular flexibility index (Phi) is 7.76. The molecular weight excluding hydrogens is 394 g/mol. The zero-order valence-corrected chi connectivity index (χ0v) is 18.4. The normalized spacial score (nSPS) is 15.8. The number of likely N-dealkylation sites (tertiary alicyclic amines) is 1. The third-order valence-electron chi connectivity index (χ3n) is 5.38. The molecule has 0 aromatic heterocycles. The topological polar surface area (TPSA) is 79.9 Å². The Morgan fingerprint density at radius 3 is 2.61 bits per heavy atom. The Labute approximate surface area is 183 Å². The van der Waals surface area contributed by atoms with Gasteiger partial charge in [-0.15, -0.1) is 0 Å². The fraction of sp³-hybridized carbons (Fsp3) is 0.417. The van der Waals surface area contributed by atoms with Gasteiger partial charge in [0, 0.05) is 30.9 Å². The first-order valence-electron chi connectivity index (χ1n) is 10.7. The molecule has 7 nitrogen and oxygen atoms in total. The van der Waals surface area contributed by atoms with Crippen LogP contribution in [-0.4, -0.2) is 50.2 Å². The van der Waals surface area contributed by atoms with Gasteiger partial charge in [0.05, 0.1) is 13.7 Å². The molecule has 2 aromatic rings. The Morgan fingerprint density at radius 1 is 1.13 bits per heavy atom. The summed E-state index contributed by atoms with van der Waals surface area (Å²) in [5.74, 6) is 1.36. The fourth-order valence-corrected chi connectivity index (χ4v) is 3.73. The van der Waals surface area contributed by atoms with Crippen molar-refractivity contribution in [1.82, 2.24) is 10.2 Å². The summed E-state index contributed by atoms with van der Waals surface area (Å²) in [7, 11) is 1.58. The van der Waals surface area contributed by atoms with E-state index in [1.54, 1.807) is 25.3 Å². The summed E-state index contributed by atoms with van der Waals surface area (Å²) < 4.78 is 10.9. The number of rotatable bonds is 7. The largest absolute Gasteiger partial charge is 0.493 e. The number of nitrogens with zero attached hydrogens (tertiary/aromatic N) is 1. The van der Waals surface area contributed by atoms with Crippen LogP contribution in [-0.2, 0) is 0 Å². The van der Waals surface area contributed by atoms with Crippen molar-refractivity contribution in [2.24, 2.45) is 5.92 Å². The number of amides is 3. The molecule has 31 heavy (non-hydrogen) atoms. The first kappa shape index (κ1) is 22.5. The SMILES string of the molecule is CCOc1cc(C(=O)N2CCCC(CNC(=O)Nc3ccc(C)cc3)C2)ccc1OC. The number of nitrogens with one attached hydrogen (secondary N) is 2. The Morgan fingerprint density at radius 2 is 1.90 bits per heavy atom. The van der Waals surface area contributed by atoms with E-state index in [1.165, 1.54) is 0 Å².